The molecule has 3 N–H and O–H groups in total. The zero-order valence-electron chi connectivity index (χ0n) is 10.9. The second kappa shape index (κ2) is 5.92. The number of hydrogen-bond donors (Lipinski definition) is 2. The number of carboxylic acids is 1. The summed E-state index contributed by atoms with van der Waals surface area (Å²) in [4.78, 5) is 36.2. The van der Waals surface area contributed by atoms with Crippen LogP contribution in [-0.4, -0.2) is 70.2 Å². The molecular formula is C11H16N2O5S2. The molecule has 0 saturated carbocycles. The lowest BCUT2D eigenvalue weighted by Crippen LogP contribution is -2.72. The smallest absolute Gasteiger partial charge is 0.313 e. The monoisotopic (exact) mass is 320 g/mol. The van der Waals surface area contributed by atoms with Gasteiger partial charge in [0.05, 0.1) is 0 Å². The standard InChI is InChI=1S/C11H16N2O5S2/c1-18-2-6(14)19-4-11(10(16)17)3-13-8(15)7(12)9(13)20-5-11/h7,9H,2-5,12H2,1H3,(H,16,17)/t7?,9-,11?/m1/s1. The minimum absolute atomic E-state index is 0.0519. The van der Waals surface area contributed by atoms with Crippen LogP contribution in [0.4, 0.5) is 0 Å². The van der Waals surface area contributed by atoms with Gasteiger partial charge in [0.2, 0.25) is 11.0 Å². The lowest BCUT2D eigenvalue weighted by atomic mass is 9.89. The Labute approximate surface area is 124 Å². The van der Waals surface area contributed by atoms with Crippen molar-refractivity contribution in [2.24, 2.45) is 11.1 Å². The fraction of sp³-hybridized carbons (Fsp3) is 0.727. The van der Waals surface area contributed by atoms with E-state index in [2.05, 4.69) is 0 Å². The van der Waals surface area contributed by atoms with Gasteiger partial charge in [-0.15, -0.1) is 11.8 Å². The average molecular weight is 320 g/mol. The van der Waals surface area contributed by atoms with Gasteiger partial charge in [0.25, 0.3) is 0 Å². The molecule has 2 aliphatic heterocycles. The Morgan fingerprint density at radius 2 is 2.35 bits per heavy atom. The molecule has 0 aromatic carbocycles. The molecule has 1 amide bonds. The first-order valence-electron chi connectivity index (χ1n) is 5.97. The number of nitrogens with two attached hydrogens (primary N) is 1. The number of carboxylic acid groups (broad SMARTS) is 1. The molecule has 112 valence electrons. The highest BCUT2D eigenvalue weighted by Crippen LogP contribution is 2.43. The van der Waals surface area contributed by atoms with Gasteiger partial charge < -0.3 is 20.5 Å². The zero-order chi connectivity index (χ0) is 14.9. The van der Waals surface area contributed by atoms with E-state index in [4.69, 9.17) is 10.5 Å². The van der Waals surface area contributed by atoms with E-state index < -0.39 is 17.4 Å². The van der Waals surface area contributed by atoms with E-state index in [0.717, 1.165) is 11.8 Å². The fourth-order valence-corrected chi connectivity index (χ4v) is 4.76. The molecule has 7 nitrogen and oxygen atoms in total. The van der Waals surface area contributed by atoms with Gasteiger partial charge in [-0.1, -0.05) is 11.8 Å². The van der Waals surface area contributed by atoms with Crippen LogP contribution in [0.15, 0.2) is 0 Å². The van der Waals surface area contributed by atoms with Gasteiger partial charge in [-0.2, -0.15) is 0 Å². The Hall–Kier alpha value is -0.770. The van der Waals surface area contributed by atoms with E-state index in [1.54, 1.807) is 0 Å². The predicted molar refractivity (Wildman–Crippen MR) is 75.3 cm³/mol. The van der Waals surface area contributed by atoms with Crippen LogP contribution in [0.5, 0.6) is 0 Å². The Morgan fingerprint density at radius 1 is 1.65 bits per heavy atom. The third kappa shape index (κ3) is 2.67. The first kappa shape index (κ1) is 15.6. The van der Waals surface area contributed by atoms with Crippen molar-refractivity contribution < 1.29 is 24.2 Å². The Kier molecular flexibility index (Phi) is 4.62. The summed E-state index contributed by atoms with van der Waals surface area (Å²) >= 11 is 2.31. The number of β-lactam (4-membered cyclic amide) rings is 1. The quantitative estimate of drug-likeness (QED) is 0.634. The van der Waals surface area contributed by atoms with E-state index in [1.165, 1.54) is 23.8 Å². The molecule has 20 heavy (non-hydrogen) atoms. The summed E-state index contributed by atoms with van der Waals surface area (Å²) in [5, 5.41) is 9.13. The number of rotatable bonds is 5. The number of ether oxygens (including phenoxy) is 1. The van der Waals surface area contributed by atoms with Gasteiger partial charge in [0, 0.05) is 25.2 Å². The Balaban J connectivity index is 2.02. The van der Waals surface area contributed by atoms with E-state index in [1.807, 2.05) is 0 Å². The molecule has 0 aliphatic carbocycles. The average Bonchev–Trinajstić information content (AvgIpc) is 2.44. The molecule has 2 fully saturated rings. The molecule has 9 heteroatoms. The van der Waals surface area contributed by atoms with Crippen molar-refractivity contribution >= 4 is 40.5 Å². The summed E-state index contributed by atoms with van der Waals surface area (Å²) in [7, 11) is 1.41. The molecule has 0 aromatic rings. The third-order valence-corrected chi connectivity index (χ3v) is 6.16. The van der Waals surface area contributed by atoms with Crippen molar-refractivity contribution in [2.45, 2.75) is 11.4 Å². The number of nitrogens with zero attached hydrogens (tertiary/aromatic N) is 1. The summed E-state index contributed by atoms with van der Waals surface area (Å²) < 4.78 is 4.71. The molecule has 0 radical (unpaired) electrons. The maximum absolute atomic E-state index is 11.6. The van der Waals surface area contributed by atoms with Crippen LogP contribution in [0.25, 0.3) is 0 Å². The van der Waals surface area contributed by atoms with Crippen molar-refractivity contribution in [3.05, 3.63) is 0 Å². The maximum Gasteiger partial charge on any atom is 0.313 e. The fourth-order valence-electron chi connectivity index (χ4n) is 2.19. The largest absolute Gasteiger partial charge is 0.481 e. The van der Waals surface area contributed by atoms with Gasteiger partial charge >= 0.3 is 5.97 Å². The van der Waals surface area contributed by atoms with Crippen molar-refractivity contribution in [2.75, 3.05) is 31.8 Å². The van der Waals surface area contributed by atoms with Crippen LogP contribution in [0, 0.1) is 5.41 Å². The summed E-state index contributed by atoms with van der Waals surface area (Å²) in [5.74, 6) is -0.739. The van der Waals surface area contributed by atoms with E-state index >= 15 is 0 Å². The number of methoxy groups -OCH3 is 1. The molecule has 2 unspecified atom stereocenters. The number of amides is 1. The number of thioether (sulfide) groups is 2. The van der Waals surface area contributed by atoms with Crippen LogP contribution in [0.1, 0.15) is 0 Å². The van der Waals surface area contributed by atoms with Crippen LogP contribution in [0.2, 0.25) is 0 Å². The molecular weight excluding hydrogens is 304 g/mol. The summed E-state index contributed by atoms with van der Waals surface area (Å²) in [6.07, 6.45) is 0. The van der Waals surface area contributed by atoms with Gasteiger partial charge in [0.15, 0.2) is 0 Å². The molecule has 2 aliphatic rings. The minimum Gasteiger partial charge on any atom is -0.481 e. The molecule has 0 spiro atoms. The minimum atomic E-state index is -1.11. The topological polar surface area (TPSA) is 110 Å². The SMILES string of the molecule is COCC(=O)SCC1(C(=O)O)CS[C@@H]2C(N)C(=O)N2C1. The molecule has 0 bridgehead atoms. The first-order chi connectivity index (χ1) is 9.41. The lowest BCUT2D eigenvalue weighted by molar-refractivity contribution is -0.155. The Morgan fingerprint density at radius 3 is 2.95 bits per heavy atom. The summed E-state index contributed by atoms with van der Waals surface area (Å²) in [5.41, 5.74) is 4.56. The number of aliphatic carboxylic acids is 1. The van der Waals surface area contributed by atoms with Gasteiger partial charge in [-0.3, -0.25) is 14.4 Å². The highest BCUT2D eigenvalue weighted by Gasteiger charge is 2.55. The normalized spacial score (nSPS) is 32.5. The van der Waals surface area contributed by atoms with Crippen LogP contribution < -0.4 is 5.73 Å². The van der Waals surface area contributed by atoms with Crippen molar-refractivity contribution in [1.29, 1.82) is 0 Å². The second-order valence-corrected chi connectivity index (χ2v) is 7.01. The van der Waals surface area contributed by atoms with Crippen LogP contribution in [-0.2, 0) is 19.1 Å². The summed E-state index contributed by atoms with van der Waals surface area (Å²) in [6.45, 7) is 0.0590. The van der Waals surface area contributed by atoms with Gasteiger partial charge in [-0.05, 0) is 0 Å². The number of fused-ring (bicyclic) bond motifs is 1. The predicted octanol–water partition coefficient (Wildman–Crippen LogP) is -0.794. The number of carbonyl (C=O) groups is 3. The molecule has 2 heterocycles. The first-order valence-corrected chi connectivity index (χ1v) is 8.00. The highest BCUT2D eigenvalue weighted by atomic mass is 32.2. The van der Waals surface area contributed by atoms with Gasteiger partial charge in [-0.25, -0.2) is 0 Å². The van der Waals surface area contributed by atoms with Crippen molar-refractivity contribution in [3.8, 4) is 0 Å². The molecule has 3 atom stereocenters. The third-order valence-electron chi connectivity index (χ3n) is 3.41. The van der Waals surface area contributed by atoms with Crippen molar-refractivity contribution in [1.82, 2.24) is 4.90 Å². The highest BCUT2D eigenvalue weighted by molar-refractivity contribution is 8.13. The summed E-state index contributed by atoms with van der Waals surface area (Å²) in [6, 6.07) is -0.533. The molecule has 2 rings (SSSR count). The van der Waals surface area contributed by atoms with Crippen molar-refractivity contribution in [3.63, 3.8) is 0 Å². The van der Waals surface area contributed by atoms with E-state index in [0.29, 0.717) is 5.75 Å². The van der Waals surface area contributed by atoms with Crippen LogP contribution in [0.3, 0.4) is 0 Å². The lowest BCUT2D eigenvalue weighted by Gasteiger charge is -2.52. The maximum atomic E-state index is 11.6. The van der Waals surface area contributed by atoms with E-state index in [-0.39, 0.29) is 35.3 Å². The molecule has 2 saturated heterocycles. The number of carbonyl (C=O) groups excluding carboxylic acids is 2. The number of hydrogen-bond acceptors (Lipinski definition) is 7. The second-order valence-electron chi connectivity index (χ2n) is 4.87. The molecule has 0 aromatic heterocycles. The zero-order valence-corrected chi connectivity index (χ0v) is 12.5. The Bertz CT molecular complexity index is 447. The van der Waals surface area contributed by atoms with E-state index in [9.17, 15) is 19.5 Å². The van der Waals surface area contributed by atoms with Gasteiger partial charge in [0.1, 0.15) is 23.4 Å². The van der Waals surface area contributed by atoms with Crippen LogP contribution >= 0.6 is 23.5 Å².